The van der Waals surface area contributed by atoms with E-state index in [2.05, 4.69) is 26.5 Å². The van der Waals surface area contributed by atoms with Crippen LogP contribution in [0.25, 0.3) is 0 Å². The fraction of sp³-hybridized carbons (Fsp3) is 0.833. The van der Waals surface area contributed by atoms with Crippen LogP contribution in [0.2, 0.25) is 0 Å². The van der Waals surface area contributed by atoms with Crippen molar-refractivity contribution in [3.63, 3.8) is 0 Å². The molecule has 6 fully saturated rings. The molecule has 6 aliphatic carbocycles. The van der Waals surface area contributed by atoms with E-state index in [1.807, 2.05) is 0 Å². The first-order valence-corrected chi connectivity index (χ1v) is 7.79. The highest BCUT2D eigenvalue weighted by atomic mass is 79.9. The SMILES string of the molecule is NC(=S)N/N=C1/[C@H]2[C@@H]3C[C@H]4[C@H]2[C@@H]2[C@H](Br)[C@@H]4[C@H]3[C@@H]12. The molecule has 6 saturated carbocycles. The van der Waals surface area contributed by atoms with Gasteiger partial charge in [-0.1, -0.05) is 15.9 Å². The molecule has 9 atom stereocenters. The highest BCUT2D eigenvalue weighted by molar-refractivity contribution is 9.09. The van der Waals surface area contributed by atoms with Crippen molar-refractivity contribution in [2.45, 2.75) is 11.2 Å². The number of thiocarbonyl (C=S) groups is 1. The molecule has 0 unspecified atom stereocenters. The fourth-order valence-electron chi connectivity index (χ4n) is 6.49. The number of nitrogens with one attached hydrogen (secondary N) is 1. The normalized spacial score (nSPS) is 65.7. The van der Waals surface area contributed by atoms with Crippen LogP contribution in [0.1, 0.15) is 6.42 Å². The van der Waals surface area contributed by atoms with E-state index in [1.54, 1.807) is 0 Å². The summed E-state index contributed by atoms with van der Waals surface area (Å²) in [6.45, 7) is 0. The van der Waals surface area contributed by atoms with Crippen LogP contribution in [0.4, 0.5) is 0 Å². The Balaban J connectivity index is 1.62. The van der Waals surface area contributed by atoms with Crippen molar-refractivity contribution in [3.8, 4) is 0 Å². The average molecular weight is 312 g/mol. The van der Waals surface area contributed by atoms with Crippen LogP contribution < -0.4 is 11.2 Å². The van der Waals surface area contributed by atoms with Gasteiger partial charge in [0.1, 0.15) is 0 Å². The van der Waals surface area contributed by atoms with Gasteiger partial charge in [-0.15, -0.1) is 0 Å². The van der Waals surface area contributed by atoms with Gasteiger partial charge in [-0.05, 0) is 54.1 Å². The molecule has 0 amide bonds. The summed E-state index contributed by atoms with van der Waals surface area (Å²) in [6, 6.07) is 0. The summed E-state index contributed by atoms with van der Waals surface area (Å²) in [6.07, 6.45) is 1.46. The number of alkyl halides is 1. The topological polar surface area (TPSA) is 50.4 Å². The molecule has 0 aromatic rings. The van der Waals surface area contributed by atoms with Gasteiger partial charge < -0.3 is 5.73 Å². The molecule has 3 N–H and O–H groups in total. The van der Waals surface area contributed by atoms with Crippen molar-refractivity contribution in [1.29, 1.82) is 0 Å². The maximum atomic E-state index is 5.49. The van der Waals surface area contributed by atoms with E-state index in [9.17, 15) is 0 Å². The van der Waals surface area contributed by atoms with Crippen molar-refractivity contribution in [2.75, 3.05) is 0 Å². The van der Waals surface area contributed by atoms with E-state index in [0.29, 0.717) is 5.11 Å². The van der Waals surface area contributed by atoms with E-state index >= 15 is 0 Å². The van der Waals surface area contributed by atoms with Gasteiger partial charge in [0.25, 0.3) is 0 Å². The van der Waals surface area contributed by atoms with Crippen molar-refractivity contribution < 1.29 is 0 Å². The van der Waals surface area contributed by atoms with Gasteiger partial charge in [0.05, 0.1) is 0 Å². The second-order valence-electron chi connectivity index (χ2n) is 6.38. The molecule has 0 aliphatic heterocycles. The summed E-state index contributed by atoms with van der Waals surface area (Å²) in [4.78, 5) is 0.764. The molecule has 17 heavy (non-hydrogen) atoms. The molecule has 0 aromatic carbocycles. The molecular weight excluding hydrogens is 298 g/mol. The summed E-state index contributed by atoms with van der Waals surface area (Å²) >= 11 is 8.82. The third-order valence-corrected chi connectivity index (χ3v) is 7.65. The molecule has 3 nitrogen and oxygen atoms in total. The van der Waals surface area contributed by atoms with Crippen LogP contribution >= 0.6 is 28.1 Å². The standard InChI is InChI=1S/C12H14BrN3S/c13-10-6-2-1-3-4(6)9-8(10)5(2)7(3)11(9)15-16-12(14)17/h2-10H,1H2,(H3,14,16,17)/b15-11-/t2-,3+,4-,5+,6-,7-,8-,9+,10+/m0/s1. The number of hydrazone groups is 1. The molecule has 5 heteroatoms. The van der Waals surface area contributed by atoms with Crippen LogP contribution in [-0.4, -0.2) is 15.7 Å². The number of nitrogens with two attached hydrogens (primary N) is 1. The Morgan fingerprint density at radius 1 is 1.24 bits per heavy atom. The van der Waals surface area contributed by atoms with E-state index in [1.165, 1.54) is 12.1 Å². The highest BCUT2D eigenvalue weighted by Crippen LogP contribution is 2.82. The van der Waals surface area contributed by atoms with Gasteiger partial charge in [0, 0.05) is 22.4 Å². The summed E-state index contributed by atoms with van der Waals surface area (Å²) in [5, 5.41) is 4.85. The zero-order valence-corrected chi connectivity index (χ0v) is 11.6. The molecule has 0 spiro atoms. The summed E-state index contributed by atoms with van der Waals surface area (Å²) in [7, 11) is 0. The predicted octanol–water partition coefficient (Wildman–Crippen LogP) is 1.33. The average Bonchev–Trinajstić information content (AvgIpc) is 2.97. The van der Waals surface area contributed by atoms with E-state index in [0.717, 1.165) is 52.2 Å². The van der Waals surface area contributed by atoms with Gasteiger partial charge in [0.2, 0.25) is 0 Å². The Labute approximate surface area is 114 Å². The lowest BCUT2D eigenvalue weighted by Crippen LogP contribution is -2.30. The molecule has 6 rings (SSSR count). The molecule has 0 radical (unpaired) electrons. The lowest BCUT2D eigenvalue weighted by Gasteiger charge is -2.32. The van der Waals surface area contributed by atoms with Crippen LogP contribution in [0.3, 0.4) is 0 Å². The first-order valence-electron chi connectivity index (χ1n) is 6.47. The molecule has 0 aromatic heterocycles. The lowest BCUT2D eigenvalue weighted by molar-refractivity contribution is 0.132. The first kappa shape index (κ1) is 9.73. The second-order valence-corrected chi connectivity index (χ2v) is 7.88. The summed E-state index contributed by atoms with van der Waals surface area (Å²) < 4.78 is 0. The molecular formula is C12H14BrN3S. The van der Waals surface area contributed by atoms with Crippen LogP contribution in [0.15, 0.2) is 5.10 Å². The summed E-state index contributed by atoms with van der Waals surface area (Å²) in [5.41, 5.74) is 9.73. The second kappa shape index (κ2) is 2.72. The minimum Gasteiger partial charge on any atom is -0.375 e. The predicted molar refractivity (Wildman–Crippen MR) is 72.6 cm³/mol. The van der Waals surface area contributed by atoms with Crippen molar-refractivity contribution >= 4 is 39.0 Å². The van der Waals surface area contributed by atoms with E-state index in [4.69, 9.17) is 18.0 Å². The van der Waals surface area contributed by atoms with Gasteiger partial charge in [-0.25, -0.2) is 0 Å². The number of nitrogens with zero attached hydrogens (tertiary/aromatic N) is 1. The molecule has 0 heterocycles. The monoisotopic (exact) mass is 311 g/mol. The summed E-state index contributed by atoms with van der Waals surface area (Å²) in [5.74, 6) is 7.11. The van der Waals surface area contributed by atoms with Gasteiger partial charge >= 0.3 is 0 Å². The Morgan fingerprint density at radius 2 is 2.00 bits per heavy atom. The minimum atomic E-state index is 0.297. The molecule has 0 saturated heterocycles. The Kier molecular flexibility index (Phi) is 1.55. The quantitative estimate of drug-likeness (QED) is 0.436. The smallest absolute Gasteiger partial charge is 0.184 e. The fourth-order valence-corrected chi connectivity index (χ4v) is 7.97. The van der Waals surface area contributed by atoms with E-state index in [-0.39, 0.29) is 0 Å². The van der Waals surface area contributed by atoms with Gasteiger partial charge in [-0.2, -0.15) is 5.10 Å². The third-order valence-electron chi connectivity index (χ3n) is 6.34. The first-order chi connectivity index (χ1) is 8.20. The van der Waals surface area contributed by atoms with Crippen molar-refractivity contribution in [2.24, 2.45) is 58.2 Å². The maximum Gasteiger partial charge on any atom is 0.184 e. The van der Waals surface area contributed by atoms with Crippen LogP contribution in [0.5, 0.6) is 0 Å². The molecule has 6 bridgehead atoms. The molecule has 6 aliphatic rings. The number of hydrogen-bond donors (Lipinski definition) is 2. The zero-order valence-electron chi connectivity index (χ0n) is 9.21. The number of halogens is 1. The number of hydrogen-bond acceptors (Lipinski definition) is 2. The van der Waals surface area contributed by atoms with Crippen molar-refractivity contribution in [1.82, 2.24) is 5.43 Å². The molecule has 90 valence electrons. The Bertz CT molecular complexity index is 476. The lowest BCUT2D eigenvalue weighted by atomic mass is 9.71. The highest BCUT2D eigenvalue weighted by Gasteiger charge is 2.82. The zero-order chi connectivity index (χ0) is 11.5. The third kappa shape index (κ3) is 0.820. The Morgan fingerprint density at radius 3 is 2.71 bits per heavy atom. The van der Waals surface area contributed by atoms with Crippen LogP contribution in [0, 0.1) is 47.3 Å². The minimum absolute atomic E-state index is 0.297. The van der Waals surface area contributed by atoms with Crippen molar-refractivity contribution in [3.05, 3.63) is 0 Å². The largest absolute Gasteiger partial charge is 0.375 e. The number of rotatable bonds is 1. The Hall–Kier alpha value is -0.160. The maximum absolute atomic E-state index is 5.49. The van der Waals surface area contributed by atoms with Crippen LogP contribution in [-0.2, 0) is 0 Å². The van der Waals surface area contributed by atoms with Gasteiger partial charge in [-0.3, -0.25) is 5.43 Å². The van der Waals surface area contributed by atoms with Gasteiger partial charge in [0.15, 0.2) is 5.11 Å². The van der Waals surface area contributed by atoms with E-state index < -0.39 is 0 Å².